The van der Waals surface area contributed by atoms with E-state index in [1.807, 2.05) is 0 Å². The average Bonchev–Trinajstić information content (AvgIpc) is 2.89. The number of imide groups is 1. The van der Waals surface area contributed by atoms with Crippen LogP contribution in [-0.2, 0) is 9.59 Å². The van der Waals surface area contributed by atoms with Crippen LogP contribution in [-0.4, -0.2) is 41.5 Å². The predicted octanol–water partition coefficient (Wildman–Crippen LogP) is 0.0500. The van der Waals surface area contributed by atoms with E-state index in [4.69, 9.17) is 4.42 Å². The van der Waals surface area contributed by atoms with Gasteiger partial charge in [-0.15, -0.1) is 0 Å². The summed E-state index contributed by atoms with van der Waals surface area (Å²) in [5, 5.41) is 12.8. The Morgan fingerprint density at radius 1 is 1.61 bits per heavy atom. The van der Waals surface area contributed by atoms with E-state index in [1.165, 1.54) is 13.3 Å². The van der Waals surface area contributed by atoms with E-state index < -0.39 is 12.1 Å². The summed E-state index contributed by atoms with van der Waals surface area (Å²) in [5.41, 5.74) is 0. The van der Waals surface area contributed by atoms with E-state index >= 15 is 0 Å². The maximum absolute atomic E-state index is 11.8. The summed E-state index contributed by atoms with van der Waals surface area (Å²) in [5.74, 6) is 0.0396. The van der Waals surface area contributed by atoms with Gasteiger partial charge in [-0.2, -0.15) is 0 Å². The molecule has 98 valence electrons. The second-order valence-corrected chi connectivity index (χ2v) is 4.32. The fourth-order valence-corrected chi connectivity index (χ4v) is 1.94. The number of likely N-dealkylation sites (N-methyl/N-ethyl adjacent to an activating group) is 1. The molecule has 0 spiro atoms. The Labute approximate surface area is 105 Å². The van der Waals surface area contributed by atoms with Crippen molar-refractivity contribution in [3.8, 4) is 0 Å². The van der Waals surface area contributed by atoms with Crippen molar-refractivity contribution in [1.82, 2.24) is 10.2 Å². The molecule has 6 nitrogen and oxygen atoms in total. The van der Waals surface area contributed by atoms with Crippen LogP contribution < -0.4 is 5.32 Å². The van der Waals surface area contributed by atoms with E-state index in [0.29, 0.717) is 18.6 Å². The maximum Gasteiger partial charge on any atom is 0.246 e. The van der Waals surface area contributed by atoms with Crippen molar-refractivity contribution in [1.29, 1.82) is 0 Å². The topological polar surface area (TPSA) is 82.8 Å². The summed E-state index contributed by atoms with van der Waals surface area (Å²) in [4.78, 5) is 24.2. The molecule has 0 aliphatic carbocycles. The van der Waals surface area contributed by atoms with Crippen LogP contribution >= 0.6 is 0 Å². The Balaban J connectivity index is 1.87. The van der Waals surface area contributed by atoms with Crippen molar-refractivity contribution in [2.45, 2.75) is 25.0 Å². The first-order valence-corrected chi connectivity index (χ1v) is 5.85. The number of hydrogen-bond acceptors (Lipinski definition) is 5. The third kappa shape index (κ3) is 2.60. The number of furan rings is 1. The highest BCUT2D eigenvalue weighted by Gasteiger charge is 2.31. The third-order valence-electron chi connectivity index (χ3n) is 3.08. The molecule has 0 bridgehead atoms. The Morgan fingerprint density at radius 3 is 3.06 bits per heavy atom. The van der Waals surface area contributed by atoms with Gasteiger partial charge in [0.2, 0.25) is 11.8 Å². The number of aliphatic hydroxyl groups is 1. The summed E-state index contributed by atoms with van der Waals surface area (Å²) in [7, 11) is 1.47. The molecule has 0 aromatic carbocycles. The lowest BCUT2D eigenvalue weighted by Crippen LogP contribution is -2.52. The molecule has 1 aromatic rings. The van der Waals surface area contributed by atoms with Crippen LogP contribution in [0.1, 0.15) is 24.7 Å². The molecule has 1 fully saturated rings. The molecule has 0 saturated carbocycles. The third-order valence-corrected chi connectivity index (χ3v) is 3.08. The maximum atomic E-state index is 11.8. The van der Waals surface area contributed by atoms with Gasteiger partial charge in [-0.25, -0.2) is 0 Å². The first-order chi connectivity index (χ1) is 8.59. The van der Waals surface area contributed by atoms with Crippen LogP contribution in [0.15, 0.2) is 22.8 Å². The molecule has 1 aliphatic heterocycles. The highest BCUT2D eigenvalue weighted by Crippen LogP contribution is 2.15. The Kier molecular flexibility index (Phi) is 3.78. The molecule has 2 atom stereocenters. The SMILES string of the molecule is CN1C(=O)CCC(NCC(O)c2ccco2)C1=O. The van der Waals surface area contributed by atoms with Gasteiger partial charge in [0.25, 0.3) is 0 Å². The van der Waals surface area contributed by atoms with Crippen molar-refractivity contribution < 1.29 is 19.1 Å². The summed E-state index contributed by atoms with van der Waals surface area (Å²) >= 11 is 0. The lowest BCUT2D eigenvalue weighted by atomic mass is 10.0. The molecule has 1 aliphatic rings. The quantitative estimate of drug-likeness (QED) is 0.740. The zero-order chi connectivity index (χ0) is 13.1. The number of carbonyl (C=O) groups excluding carboxylic acids is 2. The van der Waals surface area contributed by atoms with Crippen LogP contribution in [0, 0.1) is 0 Å². The van der Waals surface area contributed by atoms with Crippen LogP contribution in [0.5, 0.6) is 0 Å². The van der Waals surface area contributed by atoms with E-state index in [-0.39, 0.29) is 18.4 Å². The summed E-state index contributed by atoms with van der Waals surface area (Å²) in [6.45, 7) is 0.214. The number of piperidine rings is 1. The minimum Gasteiger partial charge on any atom is -0.467 e. The zero-order valence-electron chi connectivity index (χ0n) is 10.1. The number of rotatable bonds is 4. The van der Waals surface area contributed by atoms with Gasteiger partial charge >= 0.3 is 0 Å². The number of likely N-dealkylation sites (tertiary alicyclic amines) is 1. The highest BCUT2D eigenvalue weighted by molar-refractivity contribution is 6.00. The Bertz CT molecular complexity index is 429. The minimum atomic E-state index is -0.796. The number of carbonyl (C=O) groups is 2. The standard InChI is InChI=1S/C12H16N2O4/c1-14-11(16)5-4-8(12(14)17)13-7-9(15)10-3-2-6-18-10/h2-3,6,8-9,13,15H,4-5,7H2,1H3. The van der Waals surface area contributed by atoms with Gasteiger partial charge in [-0.05, 0) is 18.6 Å². The van der Waals surface area contributed by atoms with Gasteiger partial charge in [-0.3, -0.25) is 14.5 Å². The lowest BCUT2D eigenvalue weighted by molar-refractivity contribution is -0.148. The van der Waals surface area contributed by atoms with Gasteiger partial charge < -0.3 is 14.8 Å². The zero-order valence-corrected chi connectivity index (χ0v) is 10.1. The highest BCUT2D eigenvalue weighted by atomic mass is 16.4. The summed E-state index contributed by atoms with van der Waals surface area (Å²) in [6, 6.07) is 2.94. The van der Waals surface area contributed by atoms with Crippen LogP contribution in [0.3, 0.4) is 0 Å². The summed E-state index contributed by atoms with van der Waals surface area (Å²) < 4.78 is 5.06. The molecule has 1 aromatic heterocycles. The van der Waals surface area contributed by atoms with E-state index in [9.17, 15) is 14.7 Å². The van der Waals surface area contributed by atoms with Gasteiger partial charge in [0.15, 0.2) is 0 Å². The normalized spacial score (nSPS) is 22.3. The molecule has 2 rings (SSSR count). The van der Waals surface area contributed by atoms with E-state index in [2.05, 4.69) is 5.32 Å². The Hall–Kier alpha value is -1.66. The van der Waals surface area contributed by atoms with Gasteiger partial charge in [0.1, 0.15) is 11.9 Å². The number of nitrogens with zero attached hydrogens (tertiary/aromatic N) is 1. The molecule has 0 radical (unpaired) electrons. The van der Waals surface area contributed by atoms with Crippen LogP contribution in [0.4, 0.5) is 0 Å². The largest absolute Gasteiger partial charge is 0.467 e. The minimum absolute atomic E-state index is 0.162. The number of hydrogen-bond donors (Lipinski definition) is 2. The molecular weight excluding hydrogens is 236 g/mol. The molecule has 1 saturated heterocycles. The smallest absolute Gasteiger partial charge is 0.246 e. The van der Waals surface area contributed by atoms with Gasteiger partial charge in [0.05, 0.1) is 12.3 Å². The van der Waals surface area contributed by atoms with Crippen molar-refractivity contribution in [3.63, 3.8) is 0 Å². The van der Waals surface area contributed by atoms with Crippen LogP contribution in [0.2, 0.25) is 0 Å². The molecule has 6 heteroatoms. The average molecular weight is 252 g/mol. The first-order valence-electron chi connectivity index (χ1n) is 5.85. The summed E-state index contributed by atoms with van der Waals surface area (Å²) in [6.07, 6.45) is 1.50. The van der Waals surface area contributed by atoms with Gasteiger partial charge in [-0.1, -0.05) is 0 Å². The fourth-order valence-electron chi connectivity index (χ4n) is 1.94. The van der Waals surface area contributed by atoms with E-state index in [1.54, 1.807) is 12.1 Å². The number of amides is 2. The molecule has 2 unspecified atom stereocenters. The van der Waals surface area contributed by atoms with Crippen molar-refractivity contribution >= 4 is 11.8 Å². The first kappa shape index (κ1) is 12.8. The molecule has 2 amide bonds. The number of aliphatic hydroxyl groups excluding tert-OH is 1. The second-order valence-electron chi connectivity index (χ2n) is 4.32. The van der Waals surface area contributed by atoms with Crippen molar-refractivity contribution in [2.24, 2.45) is 0 Å². The molecule has 18 heavy (non-hydrogen) atoms. The predicted molar refractivity (Wildman–Crippen MR) is 62.5 cm³/mol. The Morgan fingerprint density at radius 2 is 2.39 bits per heavy atom. The monoisotopic (exact) mass is 252 g/mol. The molecule has 2 N–H and O–H groups in total. The van der Waals surface area contributed by atoms with Gasteiger partial charge in [0, 0.05) is 20.0 Å². The number of nitrogens with one attached hydrogen (secondary N) is 1. The molecule has 2 heterocycles. The van der Waals surface area contributed by atoms with Crippen molar-refractivity contribution in [2.75, 3.05) is 13.6 Å². The lowest BCUT2D eigenvalue weighted by Gasteiger charge is -2.28. The van der Waals surface area contributed by atoms with Crippen molar-refractivity contribution in [3.05, 3.63) is 24.2 Å². The van der Waals surface area contributed by atoms with E-state index in [0.717, 1.165) is 4.90 Å². The second kappa shape index (κ2) is 5.32. The van der Waals surface area contributed by atoms with Crippen LogP contribution in [0.25, 0.3) is 0 Å². The molecular formula is C12H16N2O4. The fraction of sp³-hybridized carbons (Fsp3) is 0.500.